The minimum atomic E-state index is -0.389. The second kappa shape index (κ2) is 5.47. The predicted molar refractivity (Wildman–Crippen MR) is 78.6 cm³/mol. The molecule has 3 aromatic heterocycles. The van der Waals surface area contributed by atoms with Gasteiger partial charge in [0.15, 0.2) is 11.6 Å². The fourth-order valence-electron chi connectivity index (χ4n) is 2.23. The Kier molecular flexibility index (Phi) is 3.51. The van der Waals surface area contributed by atoms with Gasteiger partial charge in [-0.2, -0.15) is 0 Å². The quantitative estimate of drug-likeness (QED) is 0.801. The van der Waals surface area contributed by atoms with Gasteiger partial charge in [0.25, 0.3) is 0 Å². The molecule has 6 heteroatoms. The average Bonchev–Trinajstić information content (AvgIpc) is 2.91. The number of hydrogen-bond donors (Lipinski definition) is 1. The van der Waals surface area contributed by atoms with Crippen LogP contribution in [0.15, 0.2) is 30.7 Å². The number of nitrogens with zero attached hydrogens (tertiary/aromatic N) is 4. The lowest BCUT2D eigenvalue weighted by Crippen LogP contribution is -2.07. The van der Waals surface area contributed by atoms with Crippen molar-refractivity contribution in [1.29, 1.82) is 0 Å². The van der Waals surface area contributed by atoms with Crippen molar-refractivity contribution in [3.63, 3.8) is 0 Å². The van der Waals surface area contributed by atoms with E-state index in [2.05, 4.69) is 20.3 Å². The standard InChI is InChI=1S/C15H16FN5/c1-3-12-14(16)15(19-9-18-12)17-7-11-8-21-10(2)5-4-6-13(21)20-11/h4-6,8-9H,3,7H2,1-2H3,(H,17,18,19). The van der Waals surface area contributed by atoms with Crippen molar-refractivity contribution in [2.24, 2.45) is 0 Å². The van der Waals surface area contributed by atoms with Gasteiger partial charge in [0.2, 0.25) is 0 Å². The lowest BCUT2D eigenvalue weighted by molar-refractivity contribution is 0.596. The maximum atomic E-state index is 14.0. The highest BCUT2D eigenvalue weighted by Crippen LogP contribution is 2.15. The molecule has 5 nitrogen and oxygen atoms in total. The highest BCUT2D eigenvalue weighted by Gasteiger charge is 2.10. The number of nitrogens with one attached hydrogen (secondary N) is 1. The maximum absolute atomic E-state index is 14.0. The number of pyridine rings is 1. The Labute approximate surface area is 121 Å². The SMILES string of the molecule is CCc1ncnc(NCc2cn3c(C)cccc3n2)c1F. The summed E-state index contributed by atoms with van der Waals surface area (Å²) in [4.78, 5) is 12.4. The Balaban J connectivity index is 1.82. The molecule has 0 radical (unpaired) electrons. The number of imidazole rings is 1. The zero-order valence-corrected chi connectivity index (χ0v) is 12.0. The summed E-state index contributed by atoms with van der Waals surface area (Å²) in [6, 6.07) is 5.92. The van der Waals surface area contributed by atoms with Gasteiger partial charge in [0.1, 0.15) is 12.0 Å². The molecule has 0 aliphatic carbocycles. The van der Waals surface area contributed by atoms with Crippen molar-refractivity contribution in [1.82, 2.24) is 19.4 Å². The van der Waals surface area contributed by atoms with Gasteiger partial charge in [-0.3, -0.25) is 0 Å². The molecule has 0 amide bonds. The van der Waals surface area contributed by atoms with Crippen molar-refractivity contribution in [3.8, 4) is 0 Å². The molecule has 3 rings (SSSR count). The molecule has 0 spiro atoms. The molecule has 21 heavy (non-hydrogen) atoms. The van der Waals surface area contributed by atoms with Crippen LogP contribution in [0.3, 0.4) is 0 Å². The molecule has 0 saturated carbocycles. The number of halogens is 1. The number of hydrogen-bond acceptors (Lipinski definition) is 4. The smallest absolute Gasteiger partial charge is 0.186 e. The van der Waals surface area contributed by atoms with E-state index >= 15 is 0 Å². The van der Waals surface area contributed by atoms with Crippen LogP contribution in [0.25, 0.3) is 5.65 Å². The van der Waals surface area contributed by atoms with Gasteiger partial charge < -0.3 is 9.72 Å². The van der Waals surface area contributed by atoms with E-state index in [0.717, 1.165) is 17.0 Å². The molecule has 0 unspecified atom stereocenters. The molecule has 0 bridgehead atoms. The summed E-state index contributed by atoms with van der Waals surface area (Å²) in [5.41, 5.74) is 3.23. The Hall–Kier alpha value is -2.50. The van der Waals surface area contributed by atoms with Crippen LogP contribution in [0.4, 0.5) is 10.2 Å². The van der Waals surface area contributed by atoms with E-state index in [-0.39, 0.29) is 11.6 Å². The molecule has 0 aliphatic rings. The van der Waals surface area contributed by atoms with Gasteiger partial charge in [0, 0.05) is 11.9 Å². The zero-order valence-electron chi connectivity index (χ0n) is 12.0. The van der Waals surface area contributed by atoms with Crippen molar-refractivity contribution < 1.29 is 4.39 Å². The van der Waals surface area contributed by atoms with Crippen molar-refractivity contribution in [2.75, 3.05) is 5.32 Å². The lowest BCUT2D eigenvalue weighted by atomic mass is 10.3. The molecule has 3 aromatic rings. The van der Waals surface area contributed by atoms with Crippen LogP contribution in [-0.2, 0) is 13.0 Å². The number of rotatable bonds is 4. The van der Waals surface area contributed by atoms with Gasteiger partial charge in [-0.1, -0.05) is 13.0 Å². The largest absolute Gasteiger partial charge is 0.362 e. The highest BCUT2D eigenvalue weighted by molar-refractivity contribution is 5.43. The predicted octanol–water partition coefficient (Wildman–Crippen LogP) is 2.75. The van der Waals surface area contributed by atoms with Crippen LogP contribution in [0.1, 0.15) is 24.0 Å². The Morgan fingerprint density at radius 3 is 2.90 bits per heavy atom. The van der Waals surface area contributed by atoms with Crippen LogP contribution < -0.4 is 5.32 Å². The maximum Gasteiger partial charge on any atom is 0.186 e. The van der Waals surface area contributed by atoms with Crippen molar-refractivity contribution in [3.05, 3.63) is 53.6 Å². The molecular formula is C15H16FN5. The average molecular weight is 285 g/mol. The fourth-order valence-corrected chi connectivity index (χ4v) is 2.23. The van der Waals surface area contributed by atoms with Gasteiger partial charge in [-0.05, 0) is 25.5 Å². The molecule has 1 N–H and O–H groups in total. The van der Waals surface area contributed by atoms with Gasteiger partial charge in [-0.15, -0.1) is 0 Å². The lowest BCUT2D eigenvalue weighted by Gasteiger charge is -2.06. The van der Waals surface area contributed by atoms with Crippen LogP contribution in [0.2, 0.25) is 0 Å². The first-order valence-electron chi connectivity index (χ1n) is 6.86. The third-order valence-electron chi connectivity index (χ3n) is 3.38. The van der Waals surface area contributed by atoms with E-state index in [1.165, 1.54) is 6.33 Å². The molecule has 0 aromatic carbocycles. The van der Waals surface area contributed by atoms with E-state index in [9.17, 15) is 4.39 Å². The second-order valence-electron chi connectivity index (χ2n) is 4.82. The minimum absolute atomic E-state index is 0.218. The Morgan fingerprint density at radius 1 is 1.29 bits per heavy atom. The van der Waals surface area contributed by atoms with E-state index in [4.69, 9.17) is 0 Å². The van der Waals surface area contributed by atoms with E-state index in [1.54, 1.807) is 0 Å². The van der Waals surface area contributed by atoms with E-state index < -0.39 is 0 Å². The molecule has 3 heterocycles. The monoisotopic (exact) mass is 285 g/mol. The first-order chi connectivity index (χ1) is 10.2. The van der Waals surface area contributed by atoms with Crippen molar-refractivity contribution >= 4 is 11.5 Å². The normalized spacial score (nSPS) is 11.0. The Morgan fingerprint density at radius 2 is 2.14 bits per heavy atom. The fraction of sp³-hybridized carbons (Fsp3) is 0.267. The van der Waals surface area contributed by atoms with Crippen LogP contribution in [0.5, 0.6) is 0 Å². The third kappa shape index (κ3) is 2.56. The molecule has 0 saturated heterocycles. The van der Waals surface area contributed by atoms with Gasteiger partial charge in [-0.25, -0.2) is 19.3 Å². The number of fused-ring (bicyclic) bond motifs is 1. The summed E-state index contributed by atoms with van der Waals surface area (Å²) in [5, 5.41) is 2.98. The first kappa shape index (κ1) is 13.5. The van der Waals surface area contributed by atoms with E-state index in [0.29, 0.717) is 18.7 Å². The van der Waals surface area contributed by atoms with Crippen LogP contribution in [0, 0.1) is 12.7 Å². The summed E-state index contributed by atoms with van der Waals surface area (Å²) in [6.45, 7) is 4.29. The molecule has 0 atom stereocenters. The summed E-state index contributed by atoms with van der Waals surface area (Å²) in [6.07, 6.45) is 3.85. The van der Waals surface area contributed by atoms with Crippen LogP contribution in [-0.4, -0.2) is 19.4 Å². The number of aryl methyl sites for hydroxylation is 2. The molecule has 0 aliphatic heterocycles. The van der Waals surface area contributed by atoms with E-state index in [1.807, 2.05) is 42.6 Å². The number of anilines is 1. The summed E-state index contributed by atoms with van der Waals surface area (Å²) < 4.78 is 16.0. The number of aromatic nitrogens is 4. The summed E-state index contributed by atoms with van der Waals surface area (Å²) in [7, 11) is 0. The minimum Gasteiger partial charge on any atom is -0.362 e. The highest BCUT2D eigenvalue weighted by atomic mass is 19.1. The molecular weight excluding hydrogens is 269 g/mol. The van der Waals surface area contributed by atoms with Crippen LogP contribution >= 0.6 is 0 Å². The molecule has 0 fully saturated rings. The topological polar surface area (TPSA) is 55.1 Å². The second-order valence-corrected chi connectivity index (χ2v) is 4.82. The zero-order chi connectivity index (χ0) is 14.8. The summed E-state index contributed by atoms with van der Waals surface area (Å²) in [5.74, 6) is -0.171. The first-order valence-corrected chi connectivity index (χ1v) is 6.86. The van der Waals surface area contributed by atoms with Gasteiger partial charge in [0.05, 0.1) is 17.9 Å². The van der Waals surface area contributed by atoms with Crippen molar-refractivity contribution in [2.45, 2.75) is 26.8 Å². The Bertz CT molecular complexity index is 781. The third-order valence-corrected chi connectivity index (χ3v) is 3.38. The van der Waals surface area contributed by atoms with Gasteiger partial charge >= 0.3 is 0 Å². The summed E-state index contributed by atoms with van der Waals surface area (Å²) >= 11 is 0. The molecule has 108 valence electrons.